The van der Waals surface area contributed by atoms with E-state index in [2.05, 4.69) is 19.6 Å². The summed E-state index contributed by atoms with van der Waals surface area (Å²) in [4.78, 5) is 0. The summed E-state index contributed by atoms with van der Waals surface area (Å²) in [6, 6.07) is 0. The van der Waals surface area contributed by atoms with Crippen LogP contribution in [0.25, 0.3) is 0 Å². The second kappa shape index (κ2) is 4.37. The fraction of sp³-hybridized carbons (Fsp3) is 0.733. The molecule has 2 bridgehead atoms. The summed E-state index contributed by atoms with van der Waals surface area (Å²) < 4.78 is 0. The second-order valence-corrected chi connectivity index (χ2v) is 5.90. The average Bonchev–Trinajstić information content (AvgIpc) is 2.83. The SMILES string of the molecule is C=C1[C@H]2CC[C@H](C2)[C@@]1(C)CCC=C(C)CO. The molecule has 0 spiro atoms. The first-order chi connectivity index (χ1) is 7.58. The Labute approximate surface area is 99.3 Å². The van der Waals surface area contributed by atoms with Gasteiger partial charge in [0.2, 0.25) is 0 Å². The lowest BCUT2D eigenvalue weighted by Gasteiger charge is -2.36. The third kappa shape index (κ3) is 1.86. The highest BCUT2D eigenvalue weighted by molar-refractivity contribution is 5.24. The topological polar surface area (TPSA) is 20.2 Å². The molecule has 1 nitrogen and oxygen atoms in total. The van der Waals surface area contributed by atoms with E-state index in [4.69, 9.17) is 5.11 Å². The predicted octanol–water partition coefficient (Wildman–Crippen LogP) is 3.70. The highest BCUT2D eigenvalue weighted by atomic mass is 16.3. The van der Waals surface area contributed by atoms with Gasteiger partial charge in [-0.3, -0.25) is 0 Å². The molecule has 0 aromatic rings. The number of aliphatic hydroxyl groups is 1. The van der Waals surface area contributed by atoms with Gasteiger partial charge in [0.05, 0.1) is 6.61 Å². The Kier molecular flexibility index (Phi) is 3.25. The van der Waals surface area contributed by atoms with E-state index in [0.717, 1.165) is 23.8 Å². The van der Waals surface area contributed by atoms with Crippen molar-refractivity contribution in [2.45, 2.75) is 46.0 Å². The predicted molar refractivity (Wildman–Crippen MR) is 68.2 cm³/mol. The van der Waals surface area contributed by atoms with Crippen molar-refractivity contribution in [3.05, 3.63) is 23.8 Å². The van der Waals surface area contributed by atoms with Crippen LogP contribution in [-0.4, -0.2) is 11.7 Å². The van der Waals surface area contributed by atoms with Crippen molar-refractivity contribution >= 4 is 0 Å². The quantitative estimate of drug-likeness (QED) is 0.716. The number of allylic oxidation sites excluding steroid dienone is 2. The number of aliphatic hydroxyl groups excluding tert-OH is 1. The molecule has 0 radical (unpaired) electrons. The lowest BCUT2D eigenvalue weighted by Crippen LogP contribution is -2.26. The molecular weight excluding hydrogens is 196 g/mol. The van der Waals surface area contributed by atoms with Gasteiger partial charge in [-0.05, 0) is 56.3 Å². The molecule has 0 heterocycles. The van der Waals surface area contributed by atoms with E-state index < -0.39 is 0 Å². The summed E-state index contributed by atoms with van der Waals surface area (Å²) in [5, 5.41) is 8.96. The fourth-order valence-electron chi connectivity index (χ4n) is 3.65. The Balaban J connectivity index is 1.96. The molecule has 2 rings (SSSR count). The van der Waals surface area contributed by atoms with Crippen LogP contribution in [0.4, 0.5) is 0 Å². The van der Waals surface area contributed by atoms with Gasteiger partial charge in [0.15, 0.2) is 0 Å². The van der Waals surface area contributed by atoms with Crippen LogP contribution in [-0.2, 0) is 0 Å². The van der Waals surface area contributed by atoms with Gasteiger partial charge in [-0.25, -0.2) is 0 Å². The van der Waals surface area contributed by atoms with Gasteiger partial charge in [0.1, 0.15) is 0 Å². The summed E-state index contributed by atoms with van der Waals surface area (Å²) in [7, 11) is 0. The lowest BCUT2D eigenvalue weighted by molar-refractivity contribution is 0.240. The molecule has 2 fully saturated rings. The maximum Gasteiger partial charge on any atom is 0.0639 e. The summed E-state index contributed by atoms with van der Waals surface area (Å²) in [5.74, 6) is 1.70. The van der Waals surface area contributed by atoms with Crippen molar-refractivity contribution in [2.75, 3.05) is 6.61 Å². The molecule has 2 aliphatic rings. The van der Waals surface area contributed by atoms with Crippen molar-refractivity contribution in [3.63, 3.8) is 0 Å². The first-order valence-electron chi connectivity index (χ1n) is 6.53. The molecule has 2 aliphatic carbocycles. The molecule has 0 aromatic carbocycles. The first-order valence-corrected chi connectivity index (χ1v) is 6.53. The molecule has 0 aliphatic heterocycles. The van der Waals surface area contributed by atoms with E-state index in [1.165, 1.54) is 31.3 Å². The third-order valence-electron chi connectivity index (χ3n) is 4.97. The molecule has 1 heteroatoms. The minimum Gasteiger partial charge on any atom is -0.392 e. The van der Waals surface area contributed by atoms with Gasteiger partial charge in [-0.2, -0.15) is 0 Å². The van der Waals surface area contributed by atoms with Gasteiger partial charge in [-0.1, -0.05) is 30.7 Å². The highest BCUT2D eigenvalue weighted by Gasteiger charge is 2.49. The molecule has 0 saturated heterocycles. The van der Waals surface area contributed by atoms with E-state index in [9.17, 15) is 0 Å². The number of hydrogen-bond donors (Lipinski definition) is 1. The van der Waals surface area contributed by atoms with E-state index in [0.29, 0.717) is 5.41 Å². The Morgan fingerprint density at radius 1 is 1.56 bits per heavy atom. The Morgan fingerprint density at radius 2 is 2.31 bits per heavy atom. The van der Waals surface area contributed by atoms with Crippen LogP contribution in [0, 0.1) is 17.3 Å². The molecule has 0 amide bonds. The Bertz CT molecular complexity index is 315. The number of hydrogen-bond acceptors (Lipinski definition) is 1. The van der Waals surface area contributed by atoms with Crippen LogP contribution in [0.2, 0.25) is 0 Å². The van der Waals surface area contributed by atoms with E-state index in [-0.39, 0.29) is 6.61 Å². The molecule has 2 saturated carbocycles. The van der Waals surface area contributed by atoms with Gasteiger partial charge in [0, 0.05) is 0 Å². The van der Waals surface area contributed by atoms with Crippen molar-refractivity contribution in [2.24, 2.45) is 17.3 Å². The maximum absolute atomic E-state index is 8.96. The second-order valence-electron chi connectivity index (χ2n) is 5.90. The molecule has 1 N–H and O–H groups in total. The zero-order valence-electron chi connectivity index (χ0n) is 10.6. The molecule has 16 heavy (non-hydrogen) atoms. The van der Waals surface area contributed by atoms with Crippen LogP contribution >= 0.6 is 0 Å². The van der Waals surface area contributed by atoms with E-state index in [1.54, 1.807) is 0 Å². The summed E-state index contributed by atoms with van der Waals surface area (Å²) in [6.07, 6.45) is 8.66. The van der Waals surface area contributed by atoms with Crippen LogP contribution in [0.3, 0.4) is 0 Å². The minimum atomic E-state index is 0.198. The number of fused-ring (bicyclic) bond motifs is 2. The zero-order valence-corrected chi connectivity index (χ0v) is 10.6. The summed E-state index contributed by atoms with van der Waals surface area (Å²) in [5.41, 5.74) is 2.99. The fourth-order valence-corrected chi connectivity index (χ4v) is 3.65. The molecular formula is C15H24O. The van der Waals surface area contributed by atoms with Crippen molar-refractivity contribution in [3.8, 4) is 0 Å². The molecule has 3 atom stereocenters. The smallest absolute Gasteiger partial charge is 0.0639 e. The van der Waals surface area contributed by atoms with E-state index in [1.807, 2.05) is 6.92 Å². The van der Waals surface area contributed by atoms with Gasteiger partial charge in [0.25, 0.3) is 0 Å². The standard InChI is InChI=1S/C15H24O/c1-11(10-16)5-4-8-15(3)12(2)13-6-7-14(15)9-13/h5,13-14,16H,2,4,6-10H2,1,3H3/t13-,14+,15-/m0/s1. The molecule has 0 unspecified atom stereocenters. The van der Waals surface area contributed by atoms with Crippen molar-refractivity contribution in [1.82, 2.24) is 0 Å². The summed E-state index contributed by atoms with van der Waals surface area (Å²) >= 11 is 0. The molecule has 0 aromatic heterocycles. The largest absolute Gasteiger partial charge is 0.392 e. The zero-order chi connectivity index (χ0) is 11.8. The van der Waals surface area contributed by atoms with E-state index >= 15 is 0 Å². The third-order valence-corrected chi connectivity index (χ3v) is 4.97. The first kappa shape index (κ1) is 11.9. The van der Waals surface area contributed by atoms with Gasteiger partial charge in [-0.15, -0.1) is 0 Å². The normalized spacial score (nSPS) is 38.4. The van der Waals surface area contributed by atoms with Gasteiger partial charge >= 0.3 is 0 Å². The van der Waals surface area contributed by atoms with Crippen molar-refractivity contribution in [1.29, 1.82) is 0 Å². The van der Waals surface area contributed by atoms with Crippen LogP contribution in [0.1, 0.15) is 46.0 Å². The van der Waals surface area contributed by atoms with Crippen molar-refractivity contribution < 1.29 is 5.11 Å². The monoisotopic (exact) mass is 220 g/mol. The van der Waals surface area contributed by atoms with Crippen LogP contribution in [0.15, 0.2) is 23.8 Å². The lowest BCUT2D eigenvalue weighted by atomic mass is 9.69. The summed E-state index contributed by atoms with van der Waals surface area (Å²) in [6.45, 7) is 8.94. The Morgan fingerprint density at radius 3 is 2.88 bits per heavy atom. The van der Waals surface area contributed by atoms with Crippen LogP contribution < -0.4 is 0 Å². The van der Waals surface area contributed by atoms with Gasteiger partial charge < -0.3 is 5.11 Å². The number of rotatable bonds is 4. The maximum atomic E-state index is 8.96. The average molecular weight is 220 g/mol. The molecule has 90 valence electrons. The Hall–Kier alpha value is -0.560. The minimum absolute atomic E-state index is 0.198. The van der Waals surface area contributed by atoms with Crippen LogP contribution in [0.5, 0.6) is 0 Å². The highest BCUT2D eigenvalue weighted by Crippen LogP contribution is 2.60.